The van der Waals surface area contributed by atoms with Gasteiger partial charge >= 0.3 is 5.97 Å². The molecular formula is C22H17NO4S2. The van der Waals surface area contributed by atoms with Crippen molar-refractivity contribution in [3.8, 4) is 5.75 Å². The number of fused-ring (bicyclic) bond motifs is 1. The van der Waals surface area contributed by atoms with Gasteiger partial charge in [-0.05, 0) is 29.4 Å². The van der Waals surface area contributed by atoms with E-state index in [2.05, 4.69) is 0 Å². The molecule has 4 rings (SSSR count). The molecule has 1 unspecified atom stereocenters. The van der Waals surface area contributed by atoms with Gasteiger partial charge in [-0.15, -0.1) is 0 Å². The zero-order chi connectivity index (χ0) is 20.4. The molecular weight excluding hydrogens is 406 g/mol. The van der Waals surface area contributed by atoms with Gasteiger partial charge in [0.05, 0.1) is 4.91 Å². The maximum atomic E-state index is 13.0. The normalized spacial score (nSPS) is 18.3. The van der Waals surface area contributed by atoms with E-state index < -0.39 is 12.0 Å². The second-order valence-electron chi connectivity index (χ2n) is 6.64. The minimum atomic E-state index is -1.08. The molecule has 29 heavy (non-hydrogen) atoms. The van der Waals surface area contributed by atoms with Crippen LogP contribution in [0.5, 0.6) is 5.75 Å². The van der Waals surface area contributed by atoms with Crippen molar-refractivity contribution < 1.29 is 19.4 Å². The molecule has 5 nitrogen and oxygen atoms in total. The summed E-state index contributed by atoms with van der Waals surface area (Å²) in [5.74, 6) is -0.672. The zero-order valence-electron chi connectivity index (χ0n) is 15.3. The molecule has 0 bridgehead atoms. The van der Waals surface area contributed by atoms with Gasteiger partial charge < -0.3 is 9.84 Å². The van der Waals surface area contributed by atoms with Crippen molar-refractivity contribution in [2.45, 2.75) is 12.5 Å². The van der Waals surface area contributed by atoms with E-state index in [1.165, 1.54) is 4.90 Å². The van der Waals surface area contributed by atoms with Crippen molar-refractivity contribution in [1.82, 2.24) is 4.90 Å². The number of thiocarbonyl (C=S) groups is 1. The first-order valence-corrected chi connectivity index (χ1v) is 10.2. The standard InChI is InChI=1S/C22H17NO4S2/c24-20-19(12-15-10-16-8-4-5-9-18(16)27-13-15)29-22(28)23(20)17(21(25)26)11-14-6-2-1-3-7-14/h1-10,12,17H,11,13H2,(H,25,26)/b19-12+. The van der Waals surface area contributed by atoms with Crippen LogP contribution in [0.25, 0.3) is 6.08 Å². The van der Waals surface area contributed by atoms with Crippen LogP contribution in [0.4, 0.5) is 0 Å². The fourth-order valence-electron chi connectivity index (χ4n) is 3.26. The summed E-state index contributed by atoms with van der Waals surface area (Å²) in [6.07, 6.45) is 3.88. The Bertz CT molecular complexity index is 1050. The molecule has 7 heteroatoms. The van der Waals surface area contributed by atoms with Gasteiger partial charge in [-0.1, -0.05) is 72.5 Å². The monoisotopic (exact) mass is 423 g/mol. The smallest absolute Gasteiger partial charge is 0.327 e. The van der Waals surface area contributed by atoms with E-state index in [0.717, 1.165) is 34.2 Å². The second kappa shape index (κ2) is 8.23. The molecule has 2 aromatic rings. The third-order valence-corrected chi connectivity index (χ3v) is 5.99. The van der Waals surface area contributed by atoms with E-state index in [1.807, 2.05) is 60.7 Å². The van der Waals surface area contributed by atoms with Crippen LogP contribution in [0.1, 0.15) is 11.1 Å². The number of carboxylic acid groups (broad SMARTS) is 1. The molecule has 1 N–H and O–H groups in total. The lowest BCUT2D eigenvalue weighted by molar-refractivity contribution is -0.145. The Hall–Kier alpha value is -2.90. The Morgan fingerprint density at radius 1 is 1.21 bits per heavy atom. The van der Waals surface area contributed by atoms with Crippen LogP contribution in [-0.4, -0.2) is 38.9 Å². The Balaban J connectivity index is 1.59. The zero-order valence-corrected chi connectivity index (χ0v) is 16.9. The van der Waals surface area contributed by atoms with Crippen molar-refractivity contribution in [1.29, 1.82) is 0 Å². The van der Waals surface area contributed by atoms with E-state index in [4.69, 9.17) is 17.0 Å². The summed E-state index contributed by atoms with van der Waals surface area (Å²) in [5.41, 5.74) is 2.60. The number of rotatable bonds is 5. The molecule has 1 fully saturated rings. The summed E-state index contributed by atoms with van der Waals surface area (Å²) in [7, 11) is 0. The molecule has 2 aliphatic rings. The fourth-order valence-corrected chi connectivity index (χ4v) is 4.63. The molecule has 146 valence electrons. The molecule has 2 heterocycles. The maximum Gasteiger partial charge on any atom is 0.327 e. The predicted molar refractivity (Wildman–Crippen MR) is 117 cm³/mol. The predicted octanol–water partition coefficient (Wildman–Crippen LogP) is 3.90. The molecule has 0 aromatic heterocycles. The van der Waals surface area contributed by atoms with Crippen molar-refractivity contribution in [3.05, 3.63) is 82.3 Å². The van der Waals surface area contributed by atoms with Crippen LogP contribution in [0.15, 0.2) is 71.2 Å². The van der Waals surface area contributed by atoms with Gasteiger partial charge in [-0.25, -0.2) is 4.79 Å². The second-order valence-corrected chi connectivity index (χ2v) is 8.32. The number of carbonyl (C=O) groups excluding carboxylic acids is 1. The lowest BCUT2D eigenvalue weighted by Crippen LogP contribution is -2.45. The van der Waals surface area contributed by atoms with Crippen LogP contribution >= 0.6 is 24.0 Å². The Morgan fingerprint density at radius 3 is 2.69 bits per heavy atom. The first-order valence-electron chi connectivity index (χ1n) is 8.99. The summed E-state index contributed by atoms with van der Waals surface area (Å²) < 4.78 is 5.98. The minimum Gasteiger partial charge on any atom is -0.488 e. The highest BCUT2D eigenvalue weighted by molar-refractivity contribution is 8.26. The van der Waals surface area contributed by atoms with Crippen LogP contribution in [0.3, 0.4) is 0 Å². The molecule has 0 spiro atoms. The van der Waals surface area contributed by atoms with Crippen molar-refractivity contribution in [2.24, 2.45) is 0 Å². The highest BCUT2D eigenvalue weighted by Gasteiger charge is 2.40. The number of thioether (sulfide) groups is 1. The van der Waals surface area contributed by atoms with Gasteiger partial charge in [0.25, 0.3) is 5.91 Å². The molecule has 1 atom stereocenters. The number of nitrogens with zero attached hydrogens (tertiary/aromatic N) is 1. The average Bonchev–Trinajstić information content (AvgIpc) is 2.99. The minimum absolute atomic E-state index is 0.190. The first kappa shape index (κ1) is 19.4. The average molecular weight is 424 g/mol. The summed E-state index contributed by atoms with van der Waals surface area (Å²) in [6, 6.07) is 15.8. The lowest BCUT2D eigenvalue weighted by atomic mass is 10.0. The summed E-state index contributed by atoms with van der Waals surface area (Å²) in [5, 5.41) is 9.73. The number of hydrogen-bond donors (Lipinski definition) is 1. The lowest BCUT2D eigenvalue weighted by Gasteiger charge is -2.23. The molecule has 1 amide bonds. The largest absolute Gasteiger partial charge is 0.488 e. The molecule has 1 saturated heterocycles. The van der Waals surface area contributed by atoms with E-state index in [1.54, 1.807) is 6.08 Å². The number of carbonyl (C=O) groups is 2. The van der Waals surface area contributed by atoms with Gasteiger partial charge in [-0.3, -0.25) is 9.69 Å². The van der Waals surface area contributed by atoms with Gasteiger partial charge in [0, 0.05) is 12.0 Å². The Kier molecular flexibility index (Phi) is 5.51. The Morgan fingerprint density at radius 2 is 1.93 bits per heavy atom. The maximum absolute atomic E-state index is 13.0. The fraction of sp³-hybridized carbons (Fsp3) is 0.136. The summed E-state index contributed by atoms with van der Waals surface area (Å²) in [6.45, 7) is 0.341. The number of carboxylic acids is 1. The van der Waals surface area contributed by atoms with Gasteiger partial charge in [0.2, 0.25) is 0 Å². The molecule has 2 aromatic carbocycles. The van der Waals surface area contributed by atoms with Gasteiger partial charge in [-0.2, -0.15) is 0 Å². The van der Waals surface area contributed by atoms with Crippen molar-refractivity contribution in [3.63, 3.8) is 0 Å². The first-order chi connectivity index (χ1) is 14.0. The van der Waals surface area contributed by atoms with Crippen LogP contribution in [0.2, 0.25) is 0 Å². The van der Waals surface area contributed by atoms with Crippen LogP contribution in [0, 0.1) is 0 Å². The van der Waals surface area contributed by atoms with E-state index >= 15 is 0 Å². The van der Waals surface area contributed by atoms with E-state index in [0.29, 0.717) is 11.5 Å². The highest BCUT2D eigenvalue weighted by Crippen LogP contribution is 2.35. The number of para-hydroxylation sites is 1. The van der Waals surface area contributed by atoms with Crippen molar-refractivity contribution in [2.75, 3.05) is 6.61 Å². The van der Waals surface area contributed by atoms with Crippen LogP contribution in [-0.2, 0) is 16.0 Å². The van der Waals surface area contributed by atoms with Crippen LogP contribution < -0.4 is 4.74 Å². The van der Waals surface area contributed by atoms with E-state index in [9.17, 15) is 14.7 Å². The van der Waals surface area contributed by atoms with E-state index in [-0.39, 0.29) is 16.6 Å². The Labute approximate surface area is 177 Å². The van der Waals surface area contributed by atoms with Gasteiger partial charge in [0.15, 0.2) is 0 Å². The quantitative estimate of drug-likeness (QED) is 0.581. The molecule has 0 radical (unpaired) electrons. The topological polar surface area (TPSA) is 66.8 Å². The number of benzene rings is 2. The summed E-state index contributed by atoms with van der Waals surface area (Å²) >= 11 is 6.47. The number of amides is 1. The van der Waals surface area contributed by atoms with Gasteiger partial charge in [0.1, 0.15) is 22.7 Å². The third-order valence-electron chi connectivity index (χ3n) is 4.66. The third kappa shape index (κ3) is 4.11. The number of ether oxygens (including phenoxy) is 1. The molecule has 0 saturated carbocycles. The molecule has 0 aliphatic carbocycles. The SMILES string of the molecule is O=C(O)C(Cc1ccccc1)N1C(=O)/C(=C\C2=Cc3ccccc3OC2)SC1=S. The number of hydrogen-bond acceptors (Lipinski definition) is 5. The summed E-state index contributed by atoms with van der Waals surface area (Å²) in [4.78, 5) is 26.5. The number of aliphatic carboxylic acids is 1. The van der Waals surface area contributed by atoms with Crippen molar-refractivity contribution >= 4 is 46.3 Å². The highest BCUT2D eigenvalue weighted by atomic mass is 32.2. The molecule has 2 aliphatic heterocycles.